The van der Waals surface area contributed by atoms with Crippen LogP contribution >= 0.6 is 0 Å². The highest BCUT2D eigenvalue weighted by molar-refractivity contribution is 5.35. The summed E-state index contributed by atoms with van der Waals surface area (Å²) >= 11 is 0. The van der Waals surface area contributed by atoms with Gasteiger partial charge >= 0.3 is 5.69 Å². The third-order valence-corrected chi connectivity index (χ3v) is 2.90. The number of aromatic nitrogens is 4. The van der Waals surface area contributed by atoms with Crippen molar-refractivity contribution >= 4 is 5.82 Å². The molecule has 2 aromatic heterocycles. The van der Waals surface area contributed by atoms with Crippen molar-refractivity contribution in [3.63, 3.8) is 0 Å². The molecule has 0 saturated carbocycles. The second-order valence-corrected chi connectivity index (χ2v) is 4.75. The normalized spacial score (nSPS) is 10.6. The van der Waals surface area contributed by atoms with E-state index in [1.165, 1.54) is 0 Å². The zero-order valence-electron chi connectivity index (χ0n) is 12.3. The maximum absolute atomic E-state index is 11.9. The summed E-state index contributed by atoms with van der Waals surface area (Å²) in [5.41, 5.74) is 2.19. The largest absolute Gasteiger partial charge is 0.370 e. The quantitative estimate of drug-likeness (QED) is 0.912. The number of aryl methyl sites for hydroxylation is 3. The molecule has 0 aliphatic carbocycles. The highest BCUT2D eigenvalue weighted by Gasteiger charge is 2.07. The van der Waals surface area contributed by atoms with Crippen LogP contribution in [0.15, 0.2) is 16.9 Å². The molecule has 0 unspecified atom stereocenters. The molecule has 2 aromatic rings. The van der Waals surface area contributed by atoms with Gasteiger partial charge in [-0.25, -0.2) is 14.8 Å². The Morgan fingerprint density at radius 1 is 1.10 bits per heavy atom. The van der Waals surface area contributed by atoms with E-state index >= 15 is 0 Å². The molecule has 1 N–H and O–H groups in total. The molecule has 6 heteroatoms. The van der Waals surface area contributed by atoms with Gasteiger partial charge in [-0.1, -0.05) is 0 Å². The van der Waals surface area contributed by atoms with Gasteiger partial charge in [0.25, 0.3) is 0 Å². The Bertz CT molecular complexity index is 678. The minimum atomic E-state index is -0.266. The minimum absolute atomic E-state index is 0.266. The predicted molar refractivity (Wildman–Crippen MR) is 78.0 cm³/mol. The summed E-state index contributed by atoms with van der Waals surface area (Å²) in [6.45, 7) is 8.74. The van der Waals surface area contributed by atoms with Crippen molar-refractivity contribution in [2.45, 2.75) is 34.2 Å². The Morgan fingerprint density at radius 2 is 1.80 bits per heavy atom. The average molecular weight is 273 g/mol. The van der Waals surface area contributed by atoms with Crippen LogP contribution in [0, 0.1) is 20.8 Å². The van der Waals surface area contributed by atoms with Gasteiger partial charge in [0.15, 0.2) is 5.82 Å². The topological polar surface area (TPSA) is 72.7 Å². The van der Waals surface area contributed by atoms with Crippen LogP contribution in [0.25, 0.3) is 0 Å². The molecular formula is C14H19N5O. The Morgan fingerprint density at radius 3 is 2.45 bits per heavy atom. The van der Waals surface area contributed by atoms with Gasteiger partial charge in [-0.15, -0.1) is 0 Å². The van der Waals surface area contributed by atoms with Gasteiger partial charge < -0.3 is 5.32 Å². The highest BCUT2D eigenvalue weighted by atomic mass is 16.1. The first kappa shape index (κ1) is 14.2. The third kappa shape index (κ3) is 3.20. The van der Waals surface area contributed by atoms with Gasteiger partial charge in [-0.3, -0.25) is 4.57 Å². The lowest BCUT2D eigenvalue weighted by molar-refractivity contribution is 0.662. The first-order valence-corrected chi connectivity index (χ1v) is 6.63. The molecule has 20 heavy (non-hydrogen) atoms. The third-order valence-electron chi connectivity index (χ3n) is 2.90. The number of nitrogens with zero attached hydrogens (tertiary/aromatic N) is 4. The molecule has 106 valence electrons. The second-order valence-electron chi connectivity index (χ2n) is 4.75. The molecule has 6 nitrogen and oxygen atoms in total. The molecule has 0 aliphatic rings. The number of nitrogens with one attached hydrogen (secondary N) is 1. The van der Waals surface area contributed by atoms with E-state index in [4.69, 9.17) is 0 Å². The number of hydrogen-bond donors (Lipinski definition) is 1. The fraction of sp³-hybridized carbons (Fsp3) is 0.429. The van der Waals surface area contributed by atoms with E-state index in [1.807, 2.05) is 39.8 Å². The van der Waals surface area contributed by atoms with Crippen LogP contribution in [-0.2, 0) is 6.54 Å². The minimum Gasteiger partial charge on any atom is -0.370 e. The van der Waals surface area contributed by atoms with Crippen LogP contribution in [-0.4, -0.2) is 26.1 Å². The van der Waals surface area contributed by atoms with E-state index in [9.17, 15) is 4.79 Å². The predicted octanol–water partition coefficient (Wildman–Crippen LogP) is 1.44. The van der Waals surface area contributed by atoms with Gasteiger partial charge in [0.2, 0.25) is 0 Å². The van der Waals surface area contributed by atoms with Gasteiger partial charge in [0.05, 0.1) is 6.54 Å². The van der Waals surface area contributed by atoms with Crippen LogP contribution in [0.4, 0.5) is 5.82 Å². The lowest BCUT2D eigenvalue weighted by Crippen LogP contribution is -2.27. The van der Waals surface area contributed by atoms with E-state index in [0.717, 1.165) is 29.4 Å². The van der Waals surface area contributed by atoms with Crippen molar-refractivity contribution in [2.75, 3.05) is 11.9 Å². The zero-order chi connectivity index (χ0) is 14.7. The van der Waals surface area contributed by atoms with Gasteiger partial charge in [0, 0.05) is 29.7 Å². The summed E-state index contributed by atoms with van der Waals surface area (Å²) in [7, 11) is 0. The summed E-state index contributed by atoms with van der Waals surface area (Å²) in [6.07, 6.45) is 0. The first-order valence-electron chi connectivity index (χ1n) is 6.63. The fourth-order valence-corrected chi connectivity index (χ4v) is 2.08. The Hall–Kier alpha value is -2.24. The standard InChI is InChI=1S/C14H19N5O/c1-5-15-12-7-10(3)16-13(18-12)8-19-11(4)6-9(2)17-14(19)20/h6-7H,5,8H2,1-4H3,(H,15,16,18). The van der Waals surface area contributed by atoms with Gasteiger partial charge in [0.1, 0.15) is 5.82 Å². The second kappa shape index (κ2) is 5.81. The van der Waals surface area contributed by atoms with Crippen molar-refractivity contribution in [2.24, 2.45) is 0 Å². The SMILES string of the molecule is CCNc1cc(C)nc(Cn2c(C)cc(C)nc2=O)n1. The van der Waals surface area contributed by atoms with Crippen LogP contribution in [0.5, 0.6) is 0 Å². The summed E-state index contributed by atoms with van der Waals surface area (Å²) in [5.74, 6) is 1.39. The Balaban J connectivity index is 2.37. The number of rotatable bonds is 4. The molecule has 0 amide bonds. The van der Waals surface area contributed by atoms with Crippen LogP contribution < -0.4 is 11.0 Å². The molecule has 2 heterocycles. The van der Waals surface area contributed by atoms with Crippen LogP contribution in [0.2, 0.25) is 0 Å². The molecule has 0 spiro atoms. The Kier molecular flexibility index (Phi) is 4.12. The van der Waals surface area contributed by atoms with E-state index in [0.29, 0.717) is 12.4 Å². The molecule has 0 atom stereocenters. The van der Waals surface area contributed by atoms with Gasteiger partial charge in [-0.2, -0.15) is 4.98 Å². The molecule has 0 saturated heterocycles. The van der Waals surface area contributed by atoms with Crippen LogP contribution in [0.3, 0.4) is 0 Å². The smallest absolute Gasteiger partial charge is 0.348 e. The summed E-state index contributed by atoms with van der Waals surface area (Å²) in [4.78, 5) is 24.7. The van der Waals surface area contributed by atoms with Crippen molar-refractivity contribution in [3.8, 4) is 0 Å². The number of anilines is 1. The van der Waals surface area contributed by atoms with E-state index in [1.54, 1.807) is 4.57 Å². The molecule has 0 radical (unpaired) electrons. The van der Waals surface area contributed by atoms with Crippen molar-refractivity contribution in [1.29, 1.82) is 0 Å². The van der Waals surface area contributed by atoms with Crippen molar-refractivity contribution < 1.29 is 0 Å². The summed E-state index contributed by atoms with van der Waals surface area (Å²) < 4.78 is 1.58. The molecule has 0 bridgehead atoms. The maximum Gasteiger partial charge on any atom is 0.348 e. The van der Waals surface area contributed by atoms with E-state index in [2.05, 4.69) is 20.3 Å². The highest BCUT2D eigenvalue weighted by Crippen LogP contribution is 2.07. The lowest BCUT2D eigenvalue weighted by atomic mass is 10.3. The van der Waals surface area contributed by atoms with Crippen molar-refractivity contribution in [1.82, 2.24) is 19.5 Å². The fourth-order valence-electron chi connectivity index (χ4n) is 2.08. The molecule has 0 fully saturated rings. The van der Waals surface area contributed by atoms with E-state index < -0.39 is 0 Å². The first-order chi connectivity index (χ1) is 9.49. The van der Waals surface area contributed by atoms with Crippen LogP contribution in [0.1, 0.15) is 29.8 Å². The Labute approximate surface area is 117 Å². The summed E-state index contributed by atoms with van der Waals surface area (Å²) in [5, 5.41) is 3.16. The molecule has 0 aliphatic heterocycles. The average Bonchev–Trinajstić information content (AvgIpc) is 2.33. The lowest BCUT2D eigenvalue weighted by Gasteiger charge is -2.11. The molecular weight excluding hydrogens is 254 g/mol. The van der Waals surface area contributed by atoms with E-state index in [-0.39, 0.29) is 5.69 Å². The summed E-state index contributed by atoms with van der Waals surface area (Å²) in [6, 6.07) is 3.76. The molecule has 2 rings (SSSR count). The maximum atomic E-state index is 11.9. The van der Waals surface area contributed by atoms with Gasteiger partial charge in [-0.05, 0) is 33.8 Å². The monoisotopic (exact) mass is 273 g/mol. The number of hydrogen-bond acceptors (Lipinski definition) is 5. The van der Waals surface area contributed by atoms with Crippen molar-refractivity contribution in [3.05, 3.63) is 45.5 Å². The molecule has 0 aromatic carbocycles. The zero-order valence-corrected chi connectivity index (χ0v) is 12.3.